The SMILES string of the molecule is COc1ccc(C(=O)N2CCCC2CON)cc1. The highest BCUT2D eigenvalue weighted by Gasteiger charge is 2.29. The van der Waals surface area contributed by atoms with E-state index in [2.05, 4.69) is 4.84 Å². The lowest BCUT2D eigenvalue weighted by Crippen LogP contribution is -2.38. The molecule has 0 radical (unpaired) electrons. The van der Waals surface area contributed by atoms with Gasteiger partial charge in [-0.15, -0.1) is 0 Å². The summed E-state index contributed by atoms with van der Waals surface area (Å²) in [4.78, 5) is 18.8. The van der Waals surface area contributed by atoms with Gasteiger partial charge in [-0.05, 0) is 37.1 Å². The van der Waals surface area contributed by atoms with Gasteiger partial charge in [0.25, 0.3) is 5.91 Å². The first-order chi connectivity index (χ1) is 8.76. The van der Waals surface area contributed by atoms with Crippen LogP contribution in [0, 0.1) is 0 Å². The number of amides is 1. The van der Waals surface area contributed by atoms with E-state index in [4.69, 9.17) is 10.6 Å². The van der Waals surface area contributed by atoms with Crippen LogP contribution in [-0.4, -0.2) is 37.1 Å². The molecule has 0 aliphatic carbocycles. The highest BCUT2D eigenvalue weighted by molar-refractivity contribution is 5.94. The summed E-state index contributed by atoms with van der Waals surface area (Å²) < 4.78 is 5.07. The number of hydrogen-bond acceptors (Lipinski definition) is 4. The Bertz CT molecular complexity index is 405. The Morgan fingerprint density at radius 3 is 2.78 bits per heavy atom. The van der Waals surface area contributed by atoms with Crippen LogP contribution in [0.5, 0.6) is 5.75 Å². The fourth-order valence-corrected chi connectivity index (χ4v) is 2.29. The molecule has 1 fully saturated rings. The second-order valence-electron chi connectivity index (χ2n) is 4.36. The topological polar surface area (TPSA) is 64.8 Å². The van der Waals surface area contributed by atoms with Crippen molar-refractivity contribution in [2.24, 2.45) is 5.90 Å². The number of benzene rings is 1. The molecule has 1 aromatic carbocycles. The summed E-state index contributed by atoms with van der Waals surface area (Å²) in [5.41, 5.74) is 0.666. The van der Waals surface area contributed by atoms with Crippen LogP contribution in [0.25, 0.3) is 0 Å². The van der Waals surface area contributed by atoms with Gasteiger partial charge in [0.05, 0.1) is 19.8 Å². The minimum Gasteiger partial charge on any atom is -0.497 e. The molecule has 0 aromatic heterocycles. The lowest BCUT2D eigenvalue weighted by Gasteiger charge is -2.23. The Labute approximate surface area is 106 Å². The van der Waals surface area contributed by atoms with Crippen molar-refractivity contribution in [3.05, 3.63) is 29.8 Å². The maximum atomic E-state index is 12.3. The monoisotopic (exact) mass is 250 g/mol. The van der Waals surface area contributed by atoms with E-state index in [1.807, 2.05) is 4.90 Å². The Hall–Kier alpha value is -1.59. The van der Waals surface area contributed by atoms with Crippen LogP contribution in [0.3, 0.4) is 0 Å². The van der Waals surface area contributed by atoms with Gasteiger partial charge in [0.2, 0.25) is 0 Å². The van der Waals surface area contributed by atoms with Gasteiger partial charge in [-0.1, -0.05) is 0 Å². The summed E-state index contributed by atoms with van der Waals surface area (Å²) >= 11 is 0. The first-order valence-electron chi connectivity index (χ1n) is 6.03. The maximum absolute atomic E-state index is 12.3. The second-order valence-corrected chi connectivity index (χ2v) is 4.36. The molecule has 5 nitrogen and oxygen atoms in total. The third-order valence-electron chi connectivity index (χ3n) is 3.26. The van der Waals surface area contributed by atoms with Gasteiger partial charge in [0, 0.05) is 12.1 Å². The Morgan fingerprint density at radius 2 is 2.17 bits per heavy atom. The molecule has 0 saturated carbocycles. The molecule has 0 spiro atoms. The van der Waals surface area contributed by atoms with Crippen LogP contribution in [0.2, 0.25) is 0 Å². The lowest BCUT2D eigenvalue weighted by atomic mass is 10.1. The van der Waals surface area contributed by atoms with E-state index >= 15 is 0 Å². The van der Waals surface area contributed by atoms with E-state index in [9.17, 15) is 4.79 Å². The van der Waals surface area contributed by atoms with E-state index < -0.39 is 0 Å². The van der Waals surface area contributed by atoms with Crippen molar-refractivity contribution in [1.82, 2.24) is 4.90 Å². The van der Waals surface area contributed by atoms with Crippen LogP contribution >= 0.6 is 0 Å². The Morgan fingerprint density at radius 1 is 1.44 bits per heavy atom. The van der Waals surface area contributed by atoms with Crippen LogP contribution in [-0.2, 0) is 4.84 Å². The van der Waals surface area contributed by atoms with Gasteiger partial charge in [-0.25, -0.2) is 5.90 Å². The Kier molecular flexibility index (Phi) is 4.17. The number of hydrogen-bond donors (Lipinski definition) is 1. The van der Waals surface area contributed by atoms with Crippen molar-refractivity contribution >= 4 is 5.91 Å². The van der Waals surface area contributed by atoms with E-state index in [0.717, 1.165) is 25.1 Å². The molecule has 1 aromatic rings. The number of nitrogens with zero attached hydrogens (tertiary/aromatic N) is 1. The first-order valence-corrected chi connectivity index (χ1v) is 6.03. The third kappa shape index (κ3) is 2.63. The highest BCUT2D eigenvalue weighted by atomic mass is 16.6. The predicted molar refractivity (Wildman–Crippen MR) is 67.2 cm³/mol. The van der Waals surface area contributed by atoms with Gasteiger partial charge in [0.15, 0.2) is 0 Å². The van der Waals surface area contributed by atoms with Crippen LogP contribution < -0.4 is 10.6 Å². The number of rotatable bonds is 4. The van der Waals surface area contributed by atoms with Crippen molar-refractivity contribution in [1.29, 1.82) is 0 Å². The average molecular weight is 250 g/mol. The van der Waals surface area contributed by atoms with Crippen molar-refractivity contribution in [2.45, 2.75) is 18.9 Å². The molecule has 2 N–H and O–H groups in total. The van der Waals surface area contributed by atoms with Crippen molar-refractivity contribution in [3.63, 3.8) is 0 Å². The second kappa shape index (κ2) is 5.84. The summed E-state index contributed by atoms with van der Waals surface area (Å²) in [5.74, 6) is 5.86. The largest absolute Gasteiger partial charge is 0.497 e. The molecular weight excluding hydrogens is 232 g/mol. The van der Waals surface area contributed by atoms with Gasteiger partial charge in [-0.3, -0.25) is 4.79 Å². The summed E-state index contributed by atoms with van der Waals surface area (Å²) in [6.07, 6.45) is 1.94. The first kappa shape index (κ1) is 12.9. The van der Waals surface area contributed by atoms with E-state index in [0.29, 0.717) is 12.2 Å². The highest BCUT2D eigenvalue weighted by Crippen LogP contribution is 2.21. The van der Waals surface area contributed by atoms with E-state index in [1.54, 1.807) is 31.4 Å². The quantitative estimate of drug-likeness (QED) is 0.815. The maximum Gasteiger partial charge on any atom is 0.254 e. The molecule has 1 aliphatic rings. The molecule has 5 heteroatoms. The molecule has 1 unspecified atom stereocenters. The molecule has 0 bridgehead atoms. The van der Waals surface area contributed by atoms with Gasteiger partial charge < -0.3 is 14.5 Å². The number of carbonyl (C=O) groups excluding carboxylic acids is 1. The van der Waals surface area contributed by atoms with E-state index in [1.165, 1.54) is 0 Å². The summed E-state index contributed by atoms with van der Waals surface area (Å²) in [6.45, 7) is 1.15. The number of carbonyl (C=O) groups is 1. The molecule has 1 heterocycles. The van der Waals surface area contributed by atoms with Crippen LogP contribution in [0.4, 0.5) is 0 Å². The fraction of sp³-hybridized carbons (Fsp3) is 0.462. The molecule has 2 rings (SSSR count). The van der Waals surface area contributed by atoms with Gasteiger partial charge in [-0.2, -0.15) is 0 Å². The summed E-state index contributed by atoms with van der Waals surface area (Å²) in [7, 11) is 1.60. The lowest BCUT2D eigenvalue weighted by molar-refractivity contribution is 0.0540. The van der Waals surface area contributed by atoms with Crippen LogP contribution in [0.1, 0.15) is 23.2 Å². The average Bonchev–Trinajstić information content (AvgIpc) is 2.87. The zero-order valence-electron chi connectivity index (χ0n) is 10.5. The number of ether oxygens (including phenoxy) is 1. The minimum atomic E-state index is 0.0252. The number of likely N-dealkylation sites (tertiary alicyclic amines) is 1. The molecular formula is C13H18N2O3. The molecule has 18 heavy (non-hydrogen) atoms. The van der Waals surface area contributed by atoms with Crippen molar-refractivity contribution in [3.8, 4) is 5.75 Å². The normalized spacial score (nSPS) is 19.0. The Balaban J connectivity index is 2.09. The minimum absolute atomic E-state index is 0.0252. The molecule has 1 amide bonds. The van der Waals surface area contributed by atoms with E-state index in [-0.39, 0.29) is 11.9 Å². The number of nitrogens with two attached hydrogens (primary N) is 1. The molecule has 1 atom stereocenters. The van der Waals surface area contributed by atoms with Crippen molar-refractivity contribution < 1.29 is 14.4 Å². The molecule has 1 aliphatic heterocycles. The van der Waals surface area contributed by atoms with Gasteiger partial charge in [0.1, 0.15) is 5.75 Å². The summed E-state index contributed by atoms with van der Waals surface area (Å²) in [5, 5.41) is 0. The zero-order chi connectivity index (χ0) is 13.0. The number of methoxy groups -OCH3 is 1. The molecule has 98 valence electrons. The zero-order valence-corrected chi connectivity index (χ0v) is 10.5. The van der Waals surface area contributed by atoms with Crippen LogP contribution in [0.15, 0.2) is 24.3 Å². The summed E-state index contributed by atoms with van der Waals surface area (Å²) in [6, 6.07) is 7.22. The smallest absolute Gasteiger partial charge is 0.254 e. The fourth-order valence-electron chi connectivity index (χ4n) is 2.29. The standard InChI is InChI=1S/C13H18N2O3/c1-17-12-6-4-10(5-7-12)13(16)15-8-2-3-11(15)9-18-14/h4-7,11H,2-3,8-9,14H2,1H3. The molecule has 1 saturated heterocycles. The third-order valence-corrected chi connectivity index (χ3v) is 3.26. The van der Waals surface area contributed by atoms with Gasteiger partial charge >= 0.3 is 0 Å². The predicted octanol–water partition coefficient (Wildman–Crippen LogP) is 1.19. The van der Waals surface area contributed by atoms with Crippen molar-refractivity contribution in [2.75, 3.05) is 20.3 Å².